The molecule has 1 amide bonds. The van der Waals surface area contributed by atoms with Crippen molar-refractivity contribution in [1.29, 1.82) is 0 Å². The van der Waals surface area contributed by atoms with Crippen LogP contribution in [0.3, 0.4) is 0 Å². The zero-order chi connectivity index (χ0) is 18.6. The predicted octanol–water partition coefficient (Wildman–Crippen LogP) is 2.26. The molecule has 26 heavy (non-hydrogen) atoms. The van der Waals surface area contributed by atoms with Crippen molar-refractivity contribution in [2.24, 2.45) is 5.14 Å². The summed E-state index contributed by atoms with van der Waals surface area (Å²) in [5, 5.41) is 8.17. The molecule has 138 valence electrons. The van der Waals surface area contributed by atoms with Gasteiger partial charge in [-0.2, -0.15) is 8.42 Å². The number of nitrogens with zero attached hydrogens (tertiary/aromatic N) is 2. The second kappa shape index (κ2) is 5.85. The van der Waals surface area contributed by atoms with E-state index in [4.69, 9.17) is 5.14 Å². The van der Waals surface area contributed by atoms with E-state index in [2.05, 4.69) is 9.88 Å². The number of fused-ring (bicyclic) bond motifs is 1. The molecule has 2 aliphatic rings. The third kappa shape index (κ3) is 2.89. The molecule has 3 N–H and O–H groups in total. The SMILES string of the molecule is Cc1cc(C(=O)Nc2ccc3c(c2)N(S(N)(=O)=O)CC3)c(C)n1C1CC1. The Bertz CT molecular complexity index is 1010. The van der Waals surface area contributed by atoms with Crippen LogP contribution in [0.4, 0.5) is 11.4 Å². The van der Waals surface area contributed by atoms with Gasteiger partial charge in [-0.25, -0.2) is 5.14 Å². The first-order valence-corrected chi connectivity index (χ1v) is 10.2. The first-order chi connectivity index (χ1) is 12.3. The van der Waals surface area contributed by atoms with Gasteiger partial charge in [0.05, 0.1) is 11.3 Å². The lowest BCUT2D eigenvalue weighted by molar-refractivity contribution is 0.102. The average molecular weight is 374 g/mol. The van der Waals surface area contributed by atoms with Gasteiger partial charge in [-0.05, 0) is 56.9 Å². The Labute approximate surface area is 153 Å². The van der Waals surface area contributed by atoms with Gasteiger partial charge in [-0.1, -0.05) is 6.07 Å². The Morgan fingerprint density at radius 3 is 2.62 bits per heavy atom. The molecule has 0 radical (unpaired) electrons. The summed E-state index contributed by atoms with van der Waals surface area (Å²) < 4.78 is 26.8. The van der Waals surface area contributed by atoms with Crippen molar-refractivity contribution in [2.45, 2.75) is 39.2 Å². The van der Waals surface area contributed by atoms with Gasteiger partial charge < -0.3 is 9.88 Å². The molecule has 2 aromatic rings. The van der Waals surface area contributed by atoms with E-state index >= 15 is 0 Å². The number of carbonyl (C=O) groups is 1. The topological polar surface area (TPSA) is 97.4 Å². The monoisotopic (exact) mass is 374 g/mol. The smallest absolute Gasteiger partial charge is 0.299 e. The number of hydrogen-bond acceptors (Lipinski definition) is 3. The second-order valence-corrected chi connectivity index (χ2v) is 8.52. The van der Waals surface area contributed by atoms with Gasteiger partial charge in [-0.15, -0.1) is 0 Å². The molecule has 7 nitrogen and oxygen atoms in total. The van der Waals surface area contributed by atoms with E-state index in [9.17, 15) is 13.2 Å². The Balaban J connectivity index is 1.61. The summed E-state index contributed by atoms with van der Waals surface area (Å²) in [5.41, 5.74) is 4.70. The molecule has 0 atom stereocenters. The molecule has 2 heterocycles. The number of amides is 1. The highest BCUT2D eigenvalue weighted by molar-refractivity contribution is 7.90. The van der Waals surface area contributed by atoms with Crippen LogP contribution in [0.1, 0.15) is 46.2 Å². The second-order valence-electron chi connectivity index (χ2n) is 7.05. The highest BCUT2D eigenvalue weighted by Crippen LogP contribution is 2.38. The molecule has 0 bridgehead atoms. The summed E-state index contributed by atoms with van der Waals surface area (Å²) >= 11 is 0. The van der Waals surface area contributed by atoms with Crippen molar-refractivity contribution in [1.82, 2.24) is 4.57 Å². The van der Waals surface area contributed by atoms with Gasteiger partial charge in [0, 0.05) is 29.7 Å². The quantitative estimate of drug-likeness (QED) is 0.859. The lowest BCUT2D eigenvalue weighted by atomic mass is 10.1. The number of nitrogens with two attached hydrogens (primary N) is 1. The molecule has 0 unspecified atom stereocenters. The van der Waals surface area contributed by atoms with E-state index in [1.54, 1.807) is 12.1 Å². The minimum absolute atomic E-state index is 0.190. The summed E-state index contributed by atoms with van der Waals surface area (Å²) in [6, 6.07) is 7.73. The molecular weight excluding hydrogens is 352 g/mol. The summed E-state index contributed by atoms with van der Waals surface area (Å²) in [7, 11) is -3.81. The van der Waals surface area contributed by atoms with Crippen molar-refractivity contribution >= 4 is 27.5 Å². The molecule has 1 aromatic carbocycles. The van der Waals surface area contributed by atoms with Crippen LogP contribution in [-0.2, 0) is 16.6 Å². The minimum Gasteiger partial charge on any atom is -0.345 e. The van der Waals surface area contributed by atoms with Crippen LogP contribution in [0.25, 0.3) is 0 Å². The van der Waals surface area contributed by atoms with Crippen LogP contribution in [0.2, 0.25) is 0 Å². The van der Waals surface area contributed by atoms with Crippen molar-refractivity contribution in [2.75, 3.05) is 16.2 Å². The van der Waals surface area contributed by atoms with Gasteiger partial charge >= 0.3 is 0 Å². The van der Waals surface area contributed by atoms with Crippen molar-refractivity contribution in [3.63, 3.8) is 0 Å². The number of anilines is 2. The normalized spacial score (nSPS) is 16.7. The van der Waals surface area contributed by atoms with E-state index in [1.165, 1.54) is 4.31 Å². The van der Waals surface area contributed by atoms with Crippen LogP contribution < -0.4 is 14.8 Å². The Morgan fingerprint density at radius 1 is 1.23 bits per heavy atom. The largest absolute Gasteiger partial charge is 0.345 e. The van der Waals surface area contributed by atoms with Gasteiger partial charge in [0.15, 0.2) is 0 Å². The number of benzene rings is 1. The van der Waals surface area contributed by atoms with E-state index in [0.29, 0.717) is 35.9 Å². The summed E-state index contributed by atoms with van der Waals surface area (Å²) in [5.74, 6) is -0.190. The Hall–Kier alpha value is -2.32. The highest BCUT2D eigenvalue weighted by Gasteiger charge is 2.29. The molecule has 1 saturated carbocycles. The fourth-order valence-electron chi connectivity index (χ4n) is 3.79. The van der Waals surface area contributed by atoms with E-state index in [0.717, 1.165) is 29.8 Å². The molecule has 0 spiro atoms. The van der Waals surface area contributed by atoms with Gasteiger partial charge in [-0.3, -0.25) is 9.10 Å². The lowest BCUT2D eigenvalue weighted by Crippen LogP contribution is -2.35. The maximum absolute atomic E-state index is 12.7. The van der Waals surface area contributed by atoms with Crippen LogP contribution in [-0.4, -0.2) is 25.4 Å². The molecule has 8 heteroatoms. The van der Waals surface area contributed by atoms with E-state index < -0.39 is 10.2 Å². The molecule has 1 aromatic heterocycles. The standard InChI is InChI=1S/C18H22N4O3S/c1-11-9-16(12(2)22(11)15-5-6-15)18(23)20-14-4-3-13-7-8-21(17(13)10-14)26(19,24)25/h3-4,9-10,15H,5-8H2,1-2H3,(H,20,23)(H2,19,24,25). The van der Waals surface area contributed by atoms with Gasteiger partial charge in [0.1, 0.15) is 0 Å². The molecule has 4 rings (SSSR count). The Morgan fingerprint density at radius 2 is 1.96 bits per heavy atom. The van der Waals surface area contributed by atoms with Gasteiger partial charge in [0.25, 0.3) is 16.1 Å². The van der Waals surface area contributed by atoms with Crippen molar-refractivity contribution in [3.8, 4) is 0 Å². The molecule has 1 aliphatic heterocycles. The van der Waals surface area contributed by atoms with E-state index in [1.807, 2.05) is 26.0 Å². The van der Waals surface area contributed by atoms with Crippen LogP contribution in [0, 0.1) is 13.8 Å². The van der Waals surface area contributed by atoms with Crippen LogP contribution in [0.15, 0.2) is 24.3 Å². The molecule has 1 fully saturated rings. The lowest BCUT2D eigenvalue weighted by Gasteiger charge is -2.16. The number of hydrogen-bond donors (Lipinski definition) is 2. The predicted molar refractivity (Wildman–Crippen MR) is 101 cm³/mol. The van der Waals surface area contributed by atoms with Crippen LogP contribution >= 0.6 is 0 Å². The van der Waals surface area contributed by atoms with Crippen molar-refractivity contribution in [3.05, 3.63) is 46.8 Å². The summed E-state index contributed by atoms with van der Waals surface area (Å²) in [4.78, 5) is 12.7. The third-order valence-electron chi connectivity index (χ3n) is 5.14. The van der Waals surface area contributed by atoms with E-state index in [-0.39, 0.29) is 5.91 Å². The summed E-state index contributed by atoms with van der Waals surface area (Å²) in [6.45, 7) is 4.31. The third-order valence-corrected chi connectivity index (χ3v) is 6.14. The first kappa shape index (κ1) is 17.1. The van der Waals surface area contributed by atoms with Gasteiger partial charge in [0.2, 0.25) is 0 Å². The maximum Gasteiger partial charge on any atom is 0.299 e. The van der Waals surface area contributed by atoms with Crippen molar-refractivity contribution < 1.29 is 13.2 Å². The highest BCUT2D eigenvalue weighted by atomic mass is 32.2. The fraction of sp³-hybridized carbons (Fsp3) is 0.389. The minimum atomic E-state index is -3.81. The average Bonchev–Trinajstić information content (AvgIpc) is 3.20. The number of aromatic nitrogens is 1. The molecule has 1 aliphatic carbocycles. The number of rotatable bonds is 4. The Kier molecular flexibility index (Phi) is 3.85. The first-order valence-electron chi connectivity index (χ1n) is 8.69. The number of nitrogens with one attached hydrogen (secondary N) is 1. The molecular formula is C18H22N4O3S. The van der Waals surface area contributed by atoms with Crippen LogP contribution in [0.5, 0.6) is 0 Å². The number of carbonyl (C=O) groups excluding carboxylic acids is 1. The molecule has 0 saturated heterocycles. The zero-order valence-electron chi connectivity index (χ0n) is 14.8. The zero-order valence-corrected chi connectivity index (χ0v) is 15.6. The fourth-order valence-corrected chi connectivity index (χ4v) is 4.58. The number of aryl methyl sites for hydroxylation is 1. The summed E-state index contributed by atoms with van der Waals surface area (Å²) in [6.07, 6.45) is 2.93. The maximum atomic E-state index is 12.7.